The fourth-order valence-electron chi connectivity index (χ4n) is 2.43. The summed E-state index contributed by atoms with van der Waals surface area (Å²) >= 11 is 0. The van der Waals surface area contributed by atoms with Gasteiger partial charge in [0, 0.05) is 19.1 Å². The second-order valence-electron chi connectivity index (χ2n) is 5.11. The Morgan fingerprint density at radius 3 is 2.56 bits per heavy atom. The van der Waals surface area contributed by atoms with Crippen LogP contribution >= 0.6 is 0 Å². The monoisotopic (exact) mass is 218 g/mol. The second-order valence-corrected chi connectivity index (χ2v) is 5.11. The van der Waals surface area contributed by atoms with Crippen molar-refractivity contribution in [1.29, 1.82) is 0 Å². The van der Waals surface area contributed by atoms with Crippen LogP contribution in [0.3, 0.4) is 0 Å². The Morgan fingerprint density at radius 1 is 1.19 bits per heavy atom. The van der Waals surface area contributed by atoms with E-state index in [1.807, 2.05) is 0 Å². The number of para-hydroxylation sites is 1. The molecule has 1 aliphatic heterocycles. The van der Waals surface area contributed by atoms with Gasteiger partial charge < -0.3 is 10.2 Å². The molecule has 2 rings (SSSR count). The Bertz CT molecular complexity index is 369. The molecule has 0 unspecified atom stereocenters. The maximum Gasteiger partial charge on any atom is 0.0640 e. The number of hydrogen-bond acceptors (Lipinski definition) is 2. The van der Waals surface area contributed by atoms with E-state index in [0.717, 1.165) is 13.1 Å². The van der Waals surface area contributed by atoms with Crippen LogP contribution in [0.2, 0.25) is 0 Å². The predicted octanol–water partition coefficient (Wildman–Crippen LogP) is 3.45. The van der Waals surface area contributed by atoms with Gasteiger partial charge in [-0.05, 0) is 31.4 Å². The van der Waals surface area contributed by atoms with Crippen molar-refractivity contribution in [3.05, 3.63) is 23.8 Å². The second kappa shape index (κ2) is 4.36. The zero-order valence-electron chi connectivity index (χ0n) is 10.7. The lowest BCUT2D eigenvalue weighted by Crippen LogP contribution is -2.39. The van der Waals surface area contributed by atoms with Crippen LogP contribution in [0.4, 0.5) is 11.4 Å². The van der Waals surface area contributed by atoms with Crippen molar-refractivity contribution in [2.24, 2.45) is 0 Å². The third kappa shape index (κ3) is 1.89. The van der Waals surface area contributed by atoms with E-state index in [0.29, 0.717) is 12.0 Å². The van der Waals surface area contributed by atoms with E-state index >= 15 is 0 Å². The summed E-state index contributed by atoms with van der Waals surface area (Å²) in [6, 6.07) is 7.17. The Hall–Kier alpha value is -1.18. The average molecular weight is 218 g/mol. The molecule has 16 heavy (non-hydrogen) atoms. The zero-order valence-corrected chi connectivity index (χ0v) is 10.7. The molecule has 0 saturated carbocycles. The first-order chi connectivity index (χ1) is 7.61. The minimum atomic E-state index is 0.570. The van der Waals surface area contributed by atoms with E-state index in [1.165, 1.54) is 16.9 Å². The number of hydrogen-bond donors (Lipinski definition) is 1. The summed E-state index contributed by atoms with van der Waals surface area (Å²) in [5, 5.41) is 3.50. The van der Waals surface area contributed by atoms with Crippen LogP contribution in [-0.2, 0) is 0 Å². The van der Waals surface area contributed by atoms with E-state index in [9.17, 15) is 0 Å². The molecule has 0 aliphatic carbocycles. The molecule has 0 aromatic heterocycles. The zero-order chi connectivity index (χ0) is 11.7. The third-order valence-electron chi connectivity index (χ3n) is 3.27. The summed E-state index contributed by atoms with van der Waals surface area (Å²) in [6.45, 7) is 11.2. The highest BCUT2D eigenvalue weighted by atomic mass is 15.2. The van der Waals surface area contributed by atoms with E-state index < -0.39 is 0 Å². The minimum Gasteiger partial charge on any atom is -0.382 e. The van der Waals surface area contributed by atoms with Crippen LogP contribution in [0.5, 0.6) is 0 Å². The lowest BCUT2D eigenvalue weighted by atomic mass is 9.97. The molecule has 88 valence electrons. The molecule has 0 radical (unpaired) electrons. The largest absolute Gasteiger partial charge is 0.382 e. The number of anilines is 2. The third-order valence-corrected chi connectivity index (χ3v) is 3.27. The van der Waals surface area contributed by atoms with E-state index in [1.54, 1.807) is 0 Å². The molecule has 0 atom stereocenters. The summed E-state index contributed by atoms with van der Waals surface area (Å²) in [4.78, 5) is 2.52. The number of fused-ring (bicyclic) bond motifs is 1. The maximum absolute atomic E-state index is 3.50. The molecular formula is C14H22N2. The van der Waals surface area contributed by atoms with Crippen LogP contribution in [0, 0.1) is 0 Å². The Balaban J connectivity index is 2.51. The van der Waals surface area contributed by atoms with Gasteiger partial charge in [0.25, 0.3) is 0 Å². The van der Waals surface area contributed by atoms with Crippen molar-refractivity contribution >= 4 is 11.4 Å². The quantitative estimate of drug-likeness (QED) is 0.818. The molecule has 1 N–H and O–H groups in total. The number of nitrogens with zero attached hydrogens (tertiary/aromatic N) is 1. The number of nitrogens with one attached hydrogen (secondary N) is 1. The summed E-state index contributed by atoms with van der Waals surface area (Å²) in [5.41, 5.74) is 4.17. The van der Waals surface area contributed by atoms with E-state index in [2.05, 4.69) is 56.1 Å². The fourth-order valence-corrected chi connectivity index (χ4v) is 2.43. The van der Waals surface area contributed by atoms with Gasteiger partial charge in [-0.1, -0.05) is 26.0 Å². The van der Waals surface area contributed by atoms with Crippen molar-refractivity contribution in [3.63, 3.8) is 0 Å². The van der Waals surface area contributed by atoms with Gasteiger partial charge in [0.15, 0.2) is 0 Å². The molecule has 1 aromatic rings. The predicted molar refractivity (Wildman–Crippen MR) is 71.5 cm³/mol. The van der Waals surface area contributed by atoms with Crippen LogP contribution in [0.1, 0.15) is 39.2 Å². The molecule has 1 heterocycles. The average Bonchev–Trinajstić information content (AvgIpc) is 2.27. The van der Waals surface area contributed by atoms with Crippen LogP contribution < -0.4 is 10.2 Å². The van der Waals surface area contributed by atoms with Gasteiger partial charge in [-0.15, -0.1) is 0 Å². The Kier molecular flexibility index (Phi) is 3.08. The highest BCUT2D eigenvalue weighted by Gasteiger charge is 2.22. The van der Waals surface area contributed by atoms with E-state index in [4.69, 9.17) is 0 Å². The van der Waals surface area contributed by atoms with Crippen molar-refractivity contribution in [1.82, 2.24) is 0 Å². The molecular weight excluding hydrogens is 196 g/mol. The maximum atomic E-state index is 3.50. The topological polar surface area (TPSA) is 15.3 Å². The first-order valence-electron chi connectivity index (χ1n) is 6.24. The van der Waals surface area contributed by atoms with Crippen LogP contribution in [0.25, 0.3) is 0 Å². The van der Waals surface area contributed by atoms with E-state index in [-0.39, 0.29) is 0 Å². The highest BCUT2D eigenvalue weighted by molar-refractivity contribution is 5.76. The summed E-state index contributed by atoms with van der Waals surface area (Å²) < 4.78 is 0. The molecule has 1 aromatic carbocycles. The highest BCUT2D eigenvalue weighted by Crippen LogP contribution is 2.37. The lowest BCUT2D eigenvalue weighted by Gasteiger charge is -2.37. The van der Waals surface area contributed by atoms with Crippen molar-refractivity contribution in [2.45, 2.75) is 39.7 Å². The lowest BCUT2D eigenvalue weighted by molar-refractivity contribution is 0.672. The van der Waals surface area contributed by atoms with Gasteiger partial charge >= 0.3 is 0 Å². The summed E-state index contributed by atoms with van der Waals surface area (Å²) in [5.74, 6) is 0.580. The standard InChI is InChI=1S/C14H22N2/c1-10(2)12-6-5-7-13-14(12)16(11(3)4)9-8-15-13/h5-7,10-11,15H,8-9H2,1-4H3. The van der Waals surface area contributed by atoms with Gasteiger partial charge in [0.2, 0.25) is 0 Å². The van der Waals surface area contributed by atoms with Crippen molar-refractivity contribution < 1.29 is 0 Å². The van der Waals surface area contributed by atoms with Crippen LogP contribution in [0.15, 0.2) is 18.2 Å². The molecule has 0 saturated heterocycles. The molecule has 0 amide bonds. The SMILES string of the molecule is CC(C)c1cccc2c1N(C(C)C)CCN2. The molecule has 0 bridgehead atoms. The van der Waals surface area contributed by atoms with Gasteiger partial charge in [0.1, 0.15) is 0 Å². The first kappa shape index (κ1) is 11.3. The molecule has 1 aliphatic rings. The van der Waals surface area contributed by atoms with Crippen molar-refractivity contribution in [2.75, 3.05) is 23.3 Å². The van der Waals surface area contributed by atoms with Gasteiger partial charge in [-0.3, -0.25) is 0 Å². The first-order valence-corrected chi connectivity index (χ1v) is 6.24. The normalized spacial score (nSPS) is 15.2. The number of benzene rings is 1. The van der Waals surface area contributed by atoms with Gasteiger partial charge in [-0.25, -0.2) is 0 Å². The molecule has 2 nitrogen and oxygen atoms in total. The molecule has 2 heteroatoms. The number of rotatable bonds is 2. The minimum absolute atomic E-state index is 0.570. The fraction of sp³-hybridized carbons (Fsp3) is 0.571. The van der Waals surface area contributed by atoms with Crippen LogP contribution in [-0.4, -0.2) is 19.1 Å². The molecule has 0 spiro atoms. The van der Waals surface area contributed by atoms with Gasteiger partial charge in [-0.2, -0.15) is 0 Å². The summed E-state index contributed by atoms with van der Waals surface area (Å²) in [7, 11) is 0. The smallest absolute Gasteiger partial charge is 0.0640 e. The Labute approximate surface area is 98.7 Å². The summed E-state index contributed by atoms with van der Waals surface area (Å²) in [6.07, 6.45) is 0. The van der Waals surface area contributed by atoms with Crippen molar-refractivity contribution in [3.8, 4) is 0 Å². The van der Waals surface area contributed by atoms with Gasteiger partial charge in [0.05, 0.1) is 11.4 Å². The Morgan fingerprint density at radius 2 is 1.94 bits per heavy atom. The molecule has 0 fully saturated rings.